The fourth-order valence-electron chi connectivity index (χ4n) is 4.34. The third-order valence-electron chi connectivity index (χ3n) is 6.09. The Morgan fingerprint density at radius 3 is 2.69 bits per heavy atom. The normalized spacial score (nSPS) is 20.9. The van der Waals surface area contributed by atoms with Crippen LogP contribution in [0.3, 0.4) is 0 Å². The molecule has 1 N–H and O–H groups in total. The average Bonchev–Trinajstić information content (AvgIpc) is 3.45. The standard InChI is InChI=1S/C22H30N4O5S/c1-4-5-13(2)23-19(27)11-31-22(28)17-10-18(15-6-7-15)24-21-20(17)14(3)25-26(21)16-8-9-32(29,30)12-16/h10,13,15-16H,4-9,11-12H2,1-3H3,(H,23,27). The summed E-state index contributed by atoms with van der Waals surface area (Å²) in [5.41, 5.74) is 2.22. The highest BCUT2D eigenvalue weighted by Crippen LogP contribution is 2.41. The molecule has 174 valence electrons. The predicted octanol–water partition coefficient (Wildman–Crippen LogP) is 2.44. The maximum atomic E-state index is 13.0. The molecule has 2 fully saturated rings. The van der Waals surface area contributed by atoms with E-state index in [1.807, 2.05) is 13.8 Å². The Morgan fingerprint density at radius 1 is 1.31 bits per heavy atom. The molecule has 3 heterocycles. The highest BCUT2D eigenvalue weighted by Gasteiger charge is 2.34. The second kappa shape index (κ2) is 8.80. The molecule has 0 spiro atoms. The summed E-state index contributed by atoms with van der Waals surface area (Å²) in [4.78, 5) is 29.9. The SMILES string of the molecule is CCCC(C)NC(=O)COC(=O)c1cc(C2CC2)nc2c1c(C)nn2C1CCS(=O)(=O)C1. The molecule has 2 unspecified atom stereocenters. The molecule has 2 atom stereocenters. The molecule has 1 aliphatic heterocycles. The first-order valence-corrected chi connectivity index (χ1v) is 13.1. The lowest BCUT2D eigenvalue weighted by molar-refractivity contribution is -0.124. The summed E-state index contributed by atoms with van der Waals surface area (Å²) in [7, 11) is -3.10. The van der Waals surface area contributed by atoms with Crippen LogP contribution in [0.1, 0.15) is 79.7 Å². The van der Waals surface area contributed by atoms with Crippen molar-refractivity contribution in [3.8, 4) is 0 Å². The number of hydrogen-bond donors (Lipinski definition) is 1. The summed E-state index contributed by atoms with van der Waals surface area (Å²) in [5.74, 6) is -0.509. The number of aryl methyl sites for hydroxylation is 1. The number of sulfone groups is 1. The number of pyridine rings is 1. The van der Waals surface area contributed by atoms with Gasteiger partial charge in [0, 0.05) is 17.7 Å². The van der Waals surface area contributed by atoms with E-state index in [1.165, 1.54) is 0 Å². The van der Waals surface area contributed by atoms with Crippen molar-refractivity contribution in [3.63, 3.8) is 0 Å². The van der Waals surface area contributed by atoms with Gasteiger partial charge in [-0.05, 0) is 45.6 Å². The summed E-state index contributed by atoms with van der Waals surface area (Å²) in [6, 6.07) is 1.46. The molecule has 1 saturated heterocycles. The number of esters is 1. The van der Waals surface area contributed by atoms with Crippen LogP contribution in [0.25, 0.3) is 11.0 Å². The first-order valence-electron chi connectivity index (χ1n) is 11.2. The molecule has 2 aliphatic rings. The van der Waals surface area contributed by atoms with Gasteiger partial charge in [-0.3, -0.25) is 4.79 Å². The smallest absolute Gasteiger partial charge is 0.339 e. The molecule has 1 amide bonds. The first-order chi connectivity index (χ1) is 15.2. The van der Waals surface area contributed by atoms with Crippen LogP contribution in [-0.4, -0.2) is 59.2 Å². The van der Waals surface area contributed by atoms with Gasteiger partial charge < -0.3 is 10.1 Å². The second-order valence-corrected chi connectivity index (χ2v) is 11.2. The van der Waals surface area contributed by atoms with Gasteiger partial charge in [0.2, 0.25) is 0 Å². The maximum absolute atomic E-state index is 13.0. The molecule has 2 aromatic heterocycles. The van der Waals surface area contributed by atoms with Crippen molar-refractivity contribution < 1.29 is 22.7 Å². The van der Waals surface area contributed by atoms with Gasteiger partial charge in [-0.2, -0.15) is 5.10 Å². The highest BCUT2D eigenvalue weighted by atomic mass is 32.2. The van der Waals surface area contributed by atoms with Gasteiger partial charge in [0.1, 0.15) is 0 Å². The molecule has 0 radical (unpaired) electrons. The van der Waals surface area contributed by atoms with Crippen molar-refractivity contribution in [1.29, 1.82) is 0 Å². The summed E-state index contributed by atoms with van der Waals surface area (Å²) >= 11 is 0. The van der Waals surface area contributed by atoms with E-state index < -0.39 is 15.8 Å². The zero-order chi connectivity index (χ0) is 23.0. The molecular formula is C22H30N4O5S. The van der Waals surface area contributed by atoms with Crippen LogP contribution in [-0.2, 0) is 19.4 Å². The number of carbonyl (C=O) groups is 2. The summed E-state index contributed by atoms with van der Waals surface area (Å²) in [6.07, 6.45) is 4.27. The zero-order valence-corrected chi connectivity index (χ0v) is 19.6. The molecular weight excluding hydrogens is 432 g/mol. The van der Waals surface area contributed by atoms with E-state index in [4.69, 9.17) is 9.72 Å². The van der Waals surface area contributed by atoms with Crippen molar-refractivity contribution in [3.05, 3.63) is 23.0 Å². The number of hydrogen-bond acceptors (Lipinski definition) is 7. The van der Waals surface area contributed by atoms with Crippen LogP contribution in [0.2, 0.25) is 0 Å². The van der Waals surface area contributed by atoms with E-state index in [0.29, 0.717) is 28.7 Å². The minimum absolute atomic E-state index is 0.0171. The van der Waals surface area contributed by atoms with Gasteiger partial charge in [0.25, 0.3) is 5.91 Å². The van der Waals surface area contributed by atoms with Gasteiger partial charge in [0.05, 0.1) is 34.2 Å². The van der Waals surface area contributed by atoms with E-state index in [0.717, 1.165) is 31.4 Å². The van der Waals surface area contributed by atoms with E-state index in [9.17, 15) is 18.0 Å². The number of nitrogens with one attached hydrogen (secondary N) is 1. The van der Waals surface area contributed by atoms with Gasteiger partial charge in [-0.25, -0.2) is 22.9 Å². The molecule has 10 heteroatoms. The summed E-state index contributed by atoms with van der Waals surface area (Å²) in [5, 5.41) is 7.94. The number of carbonyl (C=O) groups excluding carboxylic acids is 2. The van der Waals surface area contributed by atoms with Crippen molar-refractivity contribution in [1.82, 2.24) is 20.1 Å². The number of amides is 1. The molecule has 0 aromatic carbocycles. The minimum atomic E-state index is -3.10. The van der Waals surface area contributed by atoms with E-state index >= 15 is 0 Å². The maximum Gasteiger partial charge on any atom is 0.339 e. The topological polar surface area (TPSA) is 120 Å². The lowest BCUT2D eigenvalue weighted by Gasteiger charge is -2.13. The Bertz CT molecular complexity index is 1150. The van der Waals surface area contributed by atoms with Crippen molar-refractivity contribution in [2.24, 2.45) is 0 Å². The molecule has 2 aromatic rings. The number of rotatable bonds is 8. The van der Waals surface area contributed by atoms with E-state index in [2.05, 4.69) is 10.4 Å². The van der Waals surface area contributed by atoms with Crippen LogP contribution in [0.15, 0.2) is 6.07 Å². The Labute approximate surface area is 187 Å². The second-order valence-electron chi connectivity index (χ2n) is 8.99. The Hall–Kier alpha value is -2.49. The zero-order valence-electron chi connectivity index (χ0n) is 18.8. The Balaban J connectivity index is 1.62. The molecule has 32 heavy (non-hydrogen) atoms. The average molecular weight is 463 g/mol. The third kappa shape index (κ3) is 4.79. The number of nitrogens with zero attached hydrogens (tertiary/aromatic N) is 3. The van der Waals surface area contributed by atoms with E-state index in [1.54, 1.807) is 17.7 Å². The van der Waals surface area contributed by atoms with Crippen LogP contribution in [0.4, 0.5) is 0 Å². The van der Waals surface area contributed by atoms with Gasteiger partial charge in [0.15, 0.2) is 22.1 Å². The third-order valence-corrected chi connectivity index (χ3v) is 7.84. The Kier molecular flexibility index (Phi) is 6.24. The fourth-order valence-corrected chi connectivity index (χ4v) is 6.03. The summed E-state index contributed by atoms with van der Waals surface area (Å²) in [6.45, 7) is 5.37. The van der Waals surface area contributed by atoms with Gasteiger partial charge in [-0.1, -0.05) is 13.3 Å². The molecule has 4 rings (SSSR count). The highest BCUT2D eigenvalue weighted by molar-refractivity contribution is 7.91. The molecule has 9 nitrogen and oxygen atoms in total. The molecule has 0 bridgehead atoms. The van der Waals surface area contributed by atoms with E-state index in [-0.39, 0.29) is 42.0 Å². The number of ether oxygens (including phenoxy) is 1. The van der Waals surface area contributed by atoms with Crippen molar-refractivity contribution in [2.45, 2.75) is 70.9 Å². The van der Waals surface area contributed by atoms with Crippen molar-refractivity contribution >= 4 is 32.7 Å². The van der Waals surface area contributed by atoms with Gasteiger partial charge >= 0.3 is 5.97 Å². The molecule has 1 saturated carbocycles. The lowest BCUT2D eigenvalue weighted by atomic mass is 10.1. The van der Waals surface area contributed by atoms with Gasteiger partial charge in [-0.15, -0.1) is 0 Å². The largest absolute Gasteiger partial charge is 0.452 e. The Morgan fingerprint density at radius 2 is 2.06 bits per heavy atom. The minimum Gasteiger partial charge on any atom is -0.452 e. The number of aromatic nitrogens is 3. The number of fused-ring (bicyclic) bond motifs is 1. The quantitative estimate of drug-likeness (QED) is 0.598. The monoisotopic (exact) mass is 462 g/mol. The predicted molar refractivity (Wildman–Crippen MR) is 119 cm³/mol. The molecule has 1 aliphatic carbocycles. The van der Waals surface area contributed by atoms with Crippen LogP contribution >= 0.6 is 0 Å². The fraction of sp³-hybridized carbons (Fsp3) is 0.636. The van der Waals surface area contributed by atoms with Crippen LogP contribution < -0.4 is 5.32 Å². The van der Waals surface area contributed by atoms with Crippen LogP contribution in [0, 0.1) is 6.92 Å². The van der Waals surface area contributed by atoms with Crippen LogP contribution in [0.5, 0.6) is 0 Å². The first kappa shape index (κ1) is 22.7. The summed E-state index contributed by atoms with van der Waals surface area (Å²) < 4.78 is 31.0. The van der Waals surface area contributed by atoms with Crippen molar-refractivity contribution in [2.75, 3.05) is 18.1 Å². The lowest BCUT2D eigenvalue weighted by Crippen LogP contribution is -2.35.